The smallest absolute Gasteiger partial charge is 0.249 e. The Hall–Kier alpha value is -1.59. The molecule has 0 spiro atoms. The van der Waals surface area contributed by atoms with Gasteiger partial charge in [0.15, 0.2) is 0 Å². The van der Waals surface area contributed by atoms with E-state index in [0.29, 0.717) is 22.5 Å². The summed E-state index contributed by atoms with van der Waals surface area (Å²) in [4.78, 5) is 4.16. The van der Waals surface area contributed by atoms with Gasteiger partial charge >= 0.3 is 0 Å². The molecule has 1 aliphatic carbocycles. The van der Waals surface area contributed by atoms with Gasteiger partial charge in [-0.1, -0.05) is 23.8 Å². The van der Waals surface area contributed by atoms with E-state index in [-0.39, 0.29) is 0 Å². The van der Waals surface area contributed by atoms with Crippen molar-refractivity contribution in [3.63, 3.8) is 0 Å². The van der Waals surface area contributed by atoms with Crippen LogP contribution in [0, 0.1) is 0 Å². The van der Waals surface area contributed by atoms with Crippen molar-refractivity contribution in [2.45, 2.75) is 18.1 Å². The predicted octanol–water partition coefficient (Wildman–Crippen LogP) is 3.06. The van der Waals surface area contributed by atoms with Gasteiger partial charge in [-0.05, 0) is 37.6 Å². The minimum Gasteiger partial charge on any atom is -0.255 e. The summed E-state index contributed by atoms with van der Waals surface area (Å²) < 4.78 is 26.1. The molecule has 0 amide bonds. The Labute approximate surface area is 122 Å². The topological polar surface area (TPSA) is 52.0 Å². The standard InChI is InChI=1S/C14H13ClN2O2S/c1-14(8-3-2-6-13(14)15)20(18,19)17-10-7-11-12(17)5-4-9-16-11/h2-7,9-10H,8H2,1H3. The first-order valence-corrected chi connectivity index (χ1v) is 7.99. The molecule has 0 aromatic carbocycles. The Morgan fingerprint density at radius 2 is 2.20 bits per heavy atom. The van der Waals surface area contributed by atoms with Crippen LogP contribution in [-0.2, 0) is 10.0 Å². The molecule has 1 unspecified atom stereocenters. The highest BCUT2D eigenvalue weighted by Crippen LogP contribution is 2.38. The number of hydrogen-bond acceptors (Lipinski definition) is 3. The summed E-state index contributed by atoms with van der Waals surface area (Å²) in [6.45, 7) is 1.65. The van der Waals surface area contributed by atoms with Crippen LogP contribution < -0.4 is 0 Å². The van der Waals surface area contributed by atoms with Crippen molar-refractivity contribution >= 4 is 32.7 Å². The number of halogens is 1. The summed E-state index contributed by atoms with van der Waals surface area (Å²) in [6, 6.07) is 5.14. The third kappa shape index (κ3) is 1.73. The Bertz CT molecular complexity index is 836. The van der Waals surface area contributed by atoms with Gasteiger partial charge in [0, 0.05) is 17.4 Å². The summed E-state index contributed by atoms with van der Waals surface area (Å²) >= 11 is 6.18. The van der Waals surface area contributed by atoms with Crippen molar-refractivity contribution in [1.29, 1.82) is 0 Å². The van der Waals surface area contributed by atoms with Crippen molar-refractivity contribution in [2.24, 2.45) is 0 Å². The zero-order valence-corrected chi connectivity index (χ0v) is 12.4. The lowest BCUT2D eigenvalue weighted by molar-refractivity contribution is 0.552. The number of nitrogens with zero attached hydrogens (tertiary/aromatic N) is 2. The Balaban J connectivity index is 2.23. The van der Waals surface area contributed by atoms with E-state index >= 15 is 0 Å². The quantitative estimate of drug-likeness (QED) is 0.857. The number of pyridine rings is 1. The highest BCUT2D eigenvalue weighted by Gasteiger charge is 2.43. The van der Waals surface area contributed by atoms with Gasteiger partial charge in [0.2, 0.25) is 10.0 Å². The largest absolute Gasteiger partial charge is 0.255 e. The maximum atomic E-state index is 13.0. The van der Waals surface area contributed by atoms with Crippen LogP contribution in [0.25, 0.3) is 11.0 Å². The van der Waals surface area contributed by atoms with Crippen LogP contribution in [0.15, 0.2) is 53.9 Å². The second kappa shape index (κ2) is 4.46. The molecule has 2 aromatic rings. The molecule has 0 N–H and O–H groups in total. The van der Waals surface area contributed by atoms with E-state index in [1.54, 1.807) is 43.5 Å². The maximum absolute atomic E-state index is 13.0. The molecule has 6 heteroatoms. The monoisotopic (exact) mass is 308 g/mol. The molecule has 0 bridgehead atoms. The zero-order valence-electron chi connectivity index (χ0n) is 10.8. The summed E-state index contributed by atoms with van der Waals surface area (Å²) in [5, 5.41) is 0.325. The number of fused-ring (bicyclic) bond motifs is 1. The lowest BCUT2D eigenvalue weighted by Gasteiger charge is -2.30. The zero-order chi connectivity index (χ0) is 14.4. The number of hydrogen-bond donors (Lipinski definition) is 0. The fourth-order valence-electron chi connectivity index (χ4n) is 2.32. The molecule has 3 rings (SSSR count). The van der Waals surface area contributed by atoms with Crippen molar-refractivity contribution in [3.8, 4) is 0 Å². The van der Waals surface area contributed by atoms with Gasteiger partial charge in [0.05, 0.1) is 11.0 Å². The molecule has 0 saturated heterocycles. The van der Waals surface area contributed by atoms with Crippen molar-refractivity contribution in [2.75, 3.05) is 0 Å². The lowest BCUT2D eigenvalue weighted by Crippen LogP contribution is -2.40. The van der Waals surface area contributed by atoms with E-state index in [1.807, 2.05) is 6.08 Å². The minimum absolute atomic E-state index is 0.325. The van der Waals surface area contributed by atoms with E-state index in [1.165, 1.54) is 10.2 Å². The van der Waals surface area contributed by atoms with Gasteiger partial charge in [-0.2, -0.15) is 0 Å². The van der Waals surface area contributed by atoms with Crippen LogP contribution >= 0.6 is 11.6 Å². The van der Waals surface area contributed by atoms with E-state index in [2.05, 4.69) is 4.98 Å². The van der Waals surface area contributed by atoms with E-state index in [0.717, 1.165) is 0 Å². The molecule has 0 radical (unpaired) electrons. The van der Waals surface area contributed by atoms with Crippen molar-refractivity contribution < 1.29 is 8.42 Å². The third-order valence-corrected chi connectivity index (χ3v) is 6.66. The van der Waals surface area contributed by atoms with Gasteiger partial charge in [-0.15, -0.1) is 0 Å². The molecular weight excluding hydrogens is 296 g/mol. The Morgan fingerprint density at radius 1 is 1.40 bits per heavy atom. The van der Waals surface area contributed by atoms with Crippen LogP contribution in [0.2, 0.25) is 0 Å². The minimum atomic E-state index is -3.67. The van der Waals surface area contributed by atoms with E-state index in [9.17, 15) is 8.42 Å². The summed E-state index contributed by atoms with van der Waals surface area (Å²) in [5.41, 5.74) is 1.21. The molecule has 0 aliphatic heterocycles. The summed E-state index contributed by atoms with van der Waals surface area (Å²) in [5.74, 6) is 0. The molecule has 104 valence electrons. The van der Waals surface area contributed by atoms with Crippen LogP contribution in [0.5, 0.6) is 0 Å². The highest BCUT2D eigenvalue weighted by molar-refractivity contribution is 7.91. The normalized spacial score (nSPS) is 23.0. The van der Waals surface area contributed by atoms with Gasteiger partial charge in [0.1, 0.15) is 4.75 Å². The third-order valence-electron chi connectivity index (χ3n) is 3.64. The molecule has 4 nitrogen and oxygen atoms in total. The van der Waals surface area contributed by atoms with Crippen molar-refractivity contribution in [1.82, 2.24) is 8.96 Å². The average Bonchev–Trinajstić information content (AvgIpc) is 2.86. The molecule has 2 aromatic heterocycles. The van der Waals surface area contributed by atoms with E-state index < -0.39 is 14.8 Å². The molecule has 2 heterocycles. The molecule has 0 fully saturated rings. The SMILES string of the molecule is CC1(S(=O)(=O)n2ccc3ncccc32)CC=CC=C1Cl. The fraction of sp³-hybridized carbons (Fsp3) is 0.214. The summed E-state index contributed by atoms with van der Waals surface area (Å²) in [6.07, 6.45) is 8.73. The van der Waals surface area contributed by atoms with Crippen LogP contribution in [-0.4, -0.2) is 22.1 Å². The second-order valence-corrected chi connectivity index (χ2v) is 7.55. The first-order chi connectivity index (χ1) is 9.47. The van der Waals surface area contributed by atoms with Crippen LogP contribution in [0.3, 0.4) is 0 Å². The highest BCUT2D eigenvalue weighted by atomic mass is 35.5. The average molecular weight is 309 g/mol. The Morgan fingerprint density at radius 3 is 2.95 bits per heavy atom. The molecule has 1 atom stereocenters. The first-order valence-electron chi connectivity index (χ1n) is 6.17. The predicted molar refractivity (Wildman–Crippen MR) is 80.1 cm³/mol. The number of allylic oxidation sites excluding steroid dienone is 3. The van der Waals surface area contributed by atoms with Gasteiger partial charge in [-0.25, -0.2) is 12.4 Å². The number of aromatic nitrogens is 2. The van der Waals surface area contributed by atoms with Crippen LogP contribution in [0.1, 0.15) is 13.3 Å². The van der Waals surface area contributed by atoms with Crippen molar-refractivity contribution in [3.05, 3.63) is 53.9 Å². The number of rotatable bonds is 2. The van der Waals surface area contributed by atoms with Gasteiger partial charge in [0.25, 0.3) is 0 Å². The van der Waals surface area contributed by atoms with Gasteiger partial charge in [-0.3, -0.25) is 4.98 Å². The fourth-order valence-corrected chi connectivity index (χ4v) is 4.45. The molecular formula is C14H13ClN2O2S. The van der Waals surface area contributed by atoms with E-state index in [4.69, 9.17) is 11.6 Å². The van der Waals surface area contributed by atoms with Gasteiger partial charge < -0.3 is 0 Å². The first kappa shape index (κ1) is 13.4. The summed E-state index contributed by atoms with van der Waals surface area (Å²) in [7, 11) is -3.67. The second-order valence-electron chi connectivity index (χ2n) is 4.90. The maximum Gasteiger partial charge on any atom is 0.249 e. The molecule has 0 saturated carbocycles. The molecule has 20 heavy (non-hydrogen) atoms. The molecule has 1 aliphatic rings. The Kier molecular flexibility index (Phi) is 2.99. The van der Waals surface area contributed by atoms with Crippen LogP contribution in [0.4, 0.5) is 0 Å². The lowest BCUT2D eigenvalue weighted by atomic mass is 10.0.